The third kappa shape index (κ3) is 3.50. The number of aromatic nitrogens is 2. The zero-order valence-electron chi connectivity index (χ0n) is 12.1. The van der Waals surface area contributed by atoms with Gasteiger partial charge in [-0.1, -0.05) is 35.5 Å². The summed E-state index contributed by atoms with van der Waals surface area (Å²) in [4.78, 5) is 23.8. The first-order valence-corrected chi connectivity index (χ1v) is 8.88. The minimum absolute atomic E-state index is 0.0666. The molecule has 1 aromatic carbocycles. The van der Waals surface area contributed by atoms with Gasteiger partial charge >= 0.3 is 5.76 Å². The Morgan fingerprint density at radius 1 is 1.35 bits per heavy atom. The van der Waals surface area contributed by atoms with E-state index in [4.69, 9.17) is 0 Å². The molecule has 1 aliphatic rings. The fraction of sp³-hybridized carbons (Fsp3) is 0.357. The lowest BCUT2D eigenvalue weighted by molar-refractivity contribution is -0.122. The van der Waals surface area contributed by atoms with E-state index in [-0.39, 0.29) is 23.9 Å². The summed E-state index contributed by atoms with van der Waals surface area (Å²) >= 11 is 0. The van der Waals surface area contributed by atoms with Crippen LogP contribution in [0, 0.1) is 0 Å². The number of nitrogens with one attached hydrogen (secondary N) is 1. The molecule has 1 aromatic heterocycles. The molecular weight excluding hydrogens is 322 g/mol. The van der Waals surface area contributed by atoms with Crippen LogP contribution in [-0.2, 0) is 21.2 Å². The zero-order chi connectivity index (χ0) is 16.4. The van der Waals surface area contributed by atoms with E-state index in [0.29, 0.717) is 12.0 Å². The lowest BCUT2D eigenvalue weighted by atomic mass is 10.2. The Morgan fingerprint density at radius 2 is 2.09 bits per heavy atom. The highest BCUT2D eigenvalue weighted by Gasteiger charge is 2.29. The Hall–Kier alpha value is -2.42. The molecule has 1 N–H and O–H groups in total. The molecule has 1 fully saturated rings. The van der Waals surface area contributed by atoms with Crippen LogP contribution in [0.25, 0.3) is 11.4 Å². The Kier molecular flexibility index (Phi) is 4.03. The van der Waals surface area contributed by atoms with E-state index in [1.54, 1.807) is 24.3 Å². The number of amides is 1. The number of hydrogen-bond donors (Lipinski definition) is 1. The molecule has 0 aliphatic carbocycles. The first-order valence-electron chi connectivity index (χ1n) is 7.06. The molecule has 2 aromatic rings. The van der Waals surface area contributed by atoms with Crippen molar-refractivity contribution in [1.82, 2.24) is 15.0 Å². The minimum atomic E-state index is -3.08. The summed E-state index contributed by atoms with van der Waals surface area (Å²) < 4.78 is 28.6. The second kappa shape index (κ2) is 5.99. The number of benzene rings is 1. The summed E-state index contributed by atoms with van der Waals surface area (Å²) in [5.41, 5.74) is 0.648. The highest BCUT2D eigenvalue weighted by atomic mass is 32.2. The van der Waals surface area contributed by atoms with Crippen molar-refractivity contribution in [1.29, 1.82) is 0 Å². The van der Waals surface area contributed by atoms with Crippen LogP contribution in [0.5, 0.6) is 0 Å². The van der Waals surface area contributed by atoms with Crippen LogP contribution in [0.1, 0.15) is 6.42 Å². The molecule has 9 heteroatoms. The van der Waals surface area contributed by atoms with Gasteiger partial charge in [-0.2, -0.15) is 0 Å². The van der Waals surface area contributed by atoms with Gasteiger partial charge in [-0.25, -0.2) is 17.8 Å². The quantitative estimate of drug-likeness (QED) is 0.827. The molecule has 8 nitrogen and oxygen atoms in total. The van der Waals surface area contributed by atoms with E-state index in [1.165, 1.54) is 0 Å². The Balaban J connectivity index is 1.75. The largest absolute Gasteiger partial charge is 0.442 e. The Bertz CT molecular complexity index is 869. The molecule has 2 heterocycles. The second-order valence-electron chi connectivity index (χ2n) is 5.39. The standard InChI is InChI=1S/C14H15N3O5S/c18-12(15-11-6-7-23(20,21)9-11)8-17-13(16-22-14(17)19)10-4-2-1-3-5-10/h1-5,11H,6-9H2,(H,15,18)/t11-/m0/s1. The van der Waals surface area contributed by atoms with E-state index in [0.717, 1.165) is 4.57 Å². The number of carbonyl (C=O) groups is 1. The van der Waals surface area contributed by atoms with Crippen LogP contribution in [-0.4, -0.2) is 41.6 Å². The fourth-order valence-corrected chi connectivity index (χ4v) is 4.20. The number of carbonyl (C=O) groups excluding carboxylic acids is 1. The highest BCUT2D eigenvalue weighted by molar-refractivity contribution is 7.91. The van der Waals surface area contributed by atoms with Gasteiger partial charge < -0.3 is 5.32 Å². The monoisotopic (exact) mass is 337 g/mol. The van der Waals surface area contributed by atoms with Crippen LogP contribution >= 0.6 is 0 Å². The fourth-order valence-electron chi connectivity index (χ4n) is 2.53. The number of hydrogen-bond acceptors (Lipinski definition) is 6. The van der Waals surface area contributed by atoms with Crippen molar-refractivity contribution in [3.05, 3.63) is 40.9 Å². The predicted octanol–water partition coefficient (Wildman–Crippen LogP) is -0.193. The Morgan fingerprint density at radius 3 is 2.74 bits per heavy atom. The van der Waals surface area contributed by atoms with Crippen LogP contribution < -0.4 is 11.1 Å². The topological polar surface area (TPSA) is 111 Å². The van der Waals surface area contributed by atoms with Crippen molar-refractivity contribution in [2.75, 3.05) is 11.5 Å². The Labute approximate surface area is 132 Å². The molecule has 1 saturated heterocycles. The second-order valence-corrected chi connectivity index (χ2v) is 7.62. The summed E-state index contributed by atoms with van der Waals surface area (Å²) in [6.45, 7) is -0.275. The van der Waals surface area contributed by atoms with Crippen molar-refractivity contribution in [3.63, 3.8) is 0 Å². The van der Waals surface area contributed by atoms with Gasteiger partial charge in [0.05, 0.1) is 11.5 Å². The smallest absolute Gasteiger partial charge is 0.351 e. The average Bonchev–Trinajstić information content (AvgIpc) is 3.03. The van der Waals surface area contributed by atoms with Crippen molar-refractivity contribution in [2.24, 2.45) is 0 Å². The molecule has 122 valence electrons. The van der Waals surface area contributed by atoms with Gasteiger partial charge in [-0.3, -0.25) is 9.32 Å². The van der Waals surface area contributed by atoms with E-state index < -0.39 is 27.5 Å². The molecule has 0 bridgehead atoms. The normalized spacial score (nSPS) is 19.6. The summed E-state index contributed by atoms with van der Waals surface area (Å²) in [5.74, 6) is -0.930. The highest BCUT2D eigenvalue weighted by Crippen LogP contribution is 2.15. The molecule has 1 atom stereocenters. The van der Waals surface area contributed by atoms with Gasteiger partial charge in [0.15, 0.2) is 15.7 Å². The lowest BCUT2D eigenvalue weighted by Gasteiger charge is -2.11. The van der Waals surface area contributed by atoms with Gasteiger partial charge in [0.2, 0.25) is 5.91 Å². The summed E-state index contributed by atoms with van der Waals surface area (Å²) in [7, 11) is -3.08. The zero-order valence-corrected chi connectivity index (χ0v) is 13.0. The molecule has 0 unspecified atom stereocenters. The first kappa shape index (κ1) is 15.5. The van der Waals surface area contributed by atoms with Crippen LogP contribution in [0.15, 0.2) is 39.6 Å². The van der Waals surface area contributed by atoms with E-state index >= 15 is 0 Å². The van der Waals surface area contributed by atoms with Gasteiger partial charge in [-0.05, 0) is 6.42 Å². The number of sulfone groups is 1. The summed E-state index contributed by atoms with van der Waals surface area (Å²) in [5, 5.41) is 6.32. The van der Waals surface area contributed by atoms with E-state index in [1.807, 2.05) is 6.07 Å². The maximum absolute atomic E-state index is 12.1. The van der Waals surface area contributed by atoms with Crippen molar-refractivity contribution < 1.29 is 17.7 Å². The third-order valence-electron chi connectivity index (χ3n) is 3.62. The number of nitrogens with zero attached hydrogens (tertiary/aromatic N) is 2. The molecule has 3 rings (SSSR count). The van der Waals surface area contributed by atoms with Crippen molar-refractivity contribution in [2.45, 2.75) is 19.0 Å². The molecule has 1 aliphatic heterocycles. The predicted molar refractivity (Wildman–Crippen MR) is 81.4 cm³/mol. The third-order valence-corrected chi connectivity index (χ3v) is 5.39. The van der Waals surface area contributed by atoms with Gasteiger partial charge in [0.1, 0.15) is 6.54 Å². The summed E-state index contributed by atoms with van der Waals surface area (Å²) in [6, 6.07) is 8.46. The maximum atomic E-state index is 12.1. The van der Waals surface area contributed by atoms with Gasteiger partial charge in [0.25, 0.3) is 0 Å². The molecule has 0 saturated carbocycles. The van der Waals surface area contributed by atoms with E-state index in [2.05, 4.69) is 15.0 Å². The molecule has 0 spiro atoms. The first-order chi connectivity index (χ1) is 10.9. The number of rotatable bonds is 4. The SMILES string of the molecule is O=C(Cn1c(-c2ccccc2)noc1=O)N[C@H]1CCS(=O)(=O)C1. The molecule has 1 amide bonds. The van der Waals surface area contributed by atoms with Crippen molar-refractivity contribution in [3.8, 4) is 11.4 Å². The molecular formula is C14H15N3O5S. The summed E-state index contributed by atoms with van der Waals surface area (Å²) in [6.07, 6.45) is 0.387. The van der Waals surface area contributed by atoms with Crippen molar-refractivity contribution >= 4 is 15.7 Å². The van der Waals surface area contributed by atoms with E-state index in [9.17, 15) is 18.0 Å². The van der Waals surface area contributed by atoms with Gasteiger partial charge in [0, 0.05) is 11.6 Å². The minimum Gasteiger partial charge on any atom is -0.351 e. The lowest BCUT2D eigenvalue weighted by Crippen LogP contribution is -2.39. The molecule has 0 radical (unpaired) electrons. The van der Waals surface area contributed by atoms with Crippen LogP contribution in [0.3, 0.4) is 0 Å². The maximum Gasteiger partial charge on any atom is 0.442 e. The van der Waals surface area contributed by atoms with Gasteiger partial charge in [-0.15, -0.1) is 0 Å². The molecule has 23 heavy (non-hydrogen) atoms. The van der Waals surface area contributed by atoms with Crippen LogP contribution in [0.4, 0.5) is 0 Å². The average molecular weight is 337 g/mol. The van der Waals surface area contributed by atoms with Crippen LogP contribution in [0.2, 0.25) is 0 Å².